The van der Waals surface area contributed by atoms with Crippen LogP contribution in [0.4, 0.5) is 0 Å². The van der Waals surface area contributed by atoms with Crippen LogP contribution in [-0.4, -0.2) is 29.9 Å². The minimum absolute atomic E-state index is 0.538. The fourth-order valence-electron chi connectivity index (χ4n) is 0.887. The molecular formula is C9H16N4S. The van der Waals surface area contributed by atoms with Crippen LogP contribution in [0.2, 0.25) is 0 Å². The standard InChI is InChI=1S/C9H16N4S/c1-4-8-12-7(6-14-8)5-11-9(10)13(2)3/h6H,4-5H2,1-3H3,(H2,10,11). The van der Waals surface area contributed by atoms with Crippen LogP contribution in [-0.2, 0) is 13.0 Å². The second-order valence-corrected chi connectivity index (χ2v) is 4.10. The Balaban J connectivity index is 2.57. The molecule has 0 spiro atoms. The Bertz CT molecular complexity index is 316. The summed E-state index contributed by atoms with van der Waals surface area (Å²) < 4.78 is 0. The van der Waals surface area contributed by atoms with Crippen LogP contribution in [0.15, 0.2) is 10.4 Å². The van der Waals surface area contributed by atoms with E-state index in [0.717, 1.165) is 17.1 Å². The summed E-state index contributed by atoms with van der Waals surface area (Å²) in [6.45, 7) is 2.67. The molecule has 5 heteroatoms. The van der Waals surface area contributed by atoms with Crippen LogP contribution < -0.4 is 5.73 Å². The highest BCUT2D eigenvalue weighted by Crippen LogP contribution is 2.10. The van der Waals surface area contributed by atoms with Crippen molar-refractivity contribution in [1.82, 2.24) is 9.88 Å². The second-order valence-electron chi connectivity index (χ2n) is 3.15. The molecule has 4 nitrogen and oxygen atoms in total. The SMILES string of the molecule is CCc1nc(CN=C(N)N(C)C)cs1. The van der Waals surface area contributed by atoms with Gasteiger partial charge in [0.2, 0.25) is 0 Å². The topological polar surface area (TPSA) is 54.5 Å². The molecule has 0 unspecified atom stereocenters. The van der Waals surface area contributed by atoms with Gasteiger partial charge in [0.1, 0.15) is 0 Å². The molecule has 2 N–H and O–H groups in total. The molecule has 1 aromatic heterocycles. The van der Waals surface area contributed by atoms with Crippen LogP contribution in [0.25, 0.3) is 0 Å². The van der Waals surface area contributed by atoms with E-state index in [1.54, 1.807) is 16.2 Å². The maximum Gasteiger partial charge on any atom is 0.191 e. The number of nitrogens with two attached hydrogens (primary N) is 1. The van der Waals surface area contributed by atoms with E-state index in [2.05, 4.69) is 16.9 Å². The zero-order valence-corrected chi connectivity index (χ0v) is 9.64. The monoisotopic (exact) mass is 212 g/mol. The molecule has 0 radical (unpaired) electrons. The smallest absolute Gasteiger partial charge is 0.191 e. The molecule has 0 amide bonds. The number of hydrogen-bond donors (Lipinski definition) is 1. The Morgan fingerprint density at radius 1 is 1.64 bits per heavy atom. The molecule has 0 aliphatic heterocycles. The van der Waals surface area contributed by atoms with Crippen LogP contribution in [0.3, 0.4) is 0 Å². The van der Waals surface area contributed by atoms with Gasteiger partial charge in [-0.3, -0.25) is 0 Å². The predicted octanol–water partition coefficient (Wildman–Crippen LogP) is 1.08. The van der Waals surface area contributed by atoms with Crippen LogP contribution in [0.1, 0.15) is 17.6 Å². The average Bonchev–Trinajstić information content (AvgIpc) is 2.61. The fourth-order valence-corrected chi connectivity index (χ4v) is 1.62. The first-order valence-electron chi connectivity index (χ1n) is 4.54. The summed E-state index contributed by atoms with van der Waals surface area (Å²) >= 11 is 1.67. The van der Waals surface area contributed by atoms with Crippen molar-refractivity contribution in [2.75, 3.05) is 14.1 Å². The fraction of sp³-hybridized carbons (Fsp3) is 0.556. The van der Waals surface area contributed by atoms with E-state index in [1.807, 2.05) is 19.5 Å². The van der Waals surface area contributed by atoms with Gasteiger partial charge in [-0.15, -0.1) is 11.3 Å². The zero-order valence-electron chi connectivity index (χ0n) is 8.82. The molecule has 14 heavy (non-hydrogen) atoms. The summed E-state index contributed by atoms with van der Waals surface area (Å²) in [5.74, 6) is 0.538. The Morgan fingerprint density at radius 3 is 2.86 bits per heavy atom. The maximum atomic E-state index is 5.66. The minimum atomic E-state index is 0.538. The number of guanidine groups is 1. The molecule has 0 fully saturated rings. The molecule has 0 saturated heterocycles. The first-order chi connectivity index (χ1) is 6.63. The van der Waals surface area contributed by atoms with Gasteiger partial charge in [0.15, 0.2) is 5.96 Å². The van der Waals surface area contributed by atoms with E-state index >= 15 is 0 Å². The van der Waals surface area contributed by atoms with Crippen LogP contribution in [0, 0.1) is 0 Å². The summed E-state index contributed by atoms with van der Waals surface area (Å²) in [5.41, 5.74) is 6.65. The third-order valence-corrected chi connectivity index (χ3v) is 2.80. The highest BCUT2D eigenvalue weighted by molar-refractivity contribution is 7.09. The van der Waals surface area contributed by atoms with Gasteiger partial charge in [-0.05, 0) is 6.42 Å². The van der Waals surface area contributed by atoms with Crippen LogP contribution in [0.5, 0.6) is 0 Å². The number of rotatable bonds is 3. The zero-order chi connectivity index (χ0) is 10.6. The number of nitrogens with zero attached hydrogens (tertiary/aromatic N) is 3. The normalized spacial score (nSPS) is 11.8. The molecule has 0 atom stereocenters. The van der Waals surface area contributed by atoms with E-state index in [-0.39, 0.29) is 0 Å². The minimum Gasteiger partial charge on any atom is -0.370 e. The Labute approximate surface area is 88.5 Å². The van der Waals surface area contributed by atoms with E-state index in [9.17, 15) is 0 Å². The first kappa shape index (κ1) is 11.0. The maximum absolute atomic E-state index is 5.66. The molecule has 0 aliphatic rings. The van der Waals surface area contributed by atoms with Crippen molar-refractivity contribution in [2.24, 2.45) is 10.7 Å². The molecule has 78 valence electrons. The molecule has 1 aromatic rings. The number of thiazole rings is 1. The third kappa shape index (κ3) is 2.99. The summed E-state index contributed by atoms with van der Waals surface area (Å²) in [6, 6.07) is 0. The number of aliphatic imine (C=N–C) groups is 1. The van der Waals surface area contributed by atoms with Gasteiger partial charge in [-0.1, -0.05) is 6.92 Å². The quantitative estimate of drug-likeness (QED) is 0.602. The van der Waals surface area contributed by atoms with Gasteiger partial charge < -0.3 is 10.6 Å². The second kappa shape index (κ2) is 4.95. The van der Waals surface area contributed by atoms with Gasteiger partial charge >= 0.3 is 0 Å². The van der Waals surface area contributed by atoms with Gasteiger partial charge in [-0.25, -0.2) is 9.98 Å². The lowest BCUT2D eigenvalue weighted by Gasteiger charge is -2.09. The van der Waals surface area contributed by atoms with Crippen LogP contribution >= 0.6 is 11.3 Å². The Hall–Kier alpha value is -1.10. The summed E-state index contributed by atoms with van der Waals surface area (Å²) in [6.07, 6.45) is 0.984. The molecule has 0 aromatic carbocycles. The van der Waals surface area contributed by atoms with Crippen molar-refractivity contribution in [3.63, 3.8) is 0 Å². The van der Waals surface area contributed by atoms with Crippen molar-refractivity contribution >= 4 is 17.3 Å². The predicted molar refractivity (Wildman–Crippen MR) is 60.5 cm³/mol. The van der Waals surface area contributed by atoms with Crippen molar-refractivity contribution < 1.29 is 0 Å². The van der Waals surface area contributed by atoms with E-state index in [4.69, 9.17) is 5.73 Å². The largest absolute Gasteiger partial charge is 0.370 e. The van der Waals surface area contributed by atoms with Crippen molar-refractivity contribution in [3.05, 3.63) is 16.1 Å². The van der Waals surface area contributed by atoms with E-state index in [0.29, 0.717) is 12.5 Å². The lowest BCUT2D eigenvalue weighted by molar-refractivity contribution is 0.608. The average molecular weight is 212 g/mol. The van der Waals surface area contributed by atoms with Gasteiger partial charge in [0.05, 0.1) is 17.2 Å². The molecule has 1 heterocycles. The summed E-state index contributed by atoms with van der Waals surface area (Å²) in [5, 5.41) is 3.18. The molecule has 1 rings (SSSR count). The van der Waals surface area contributed by atoms with Gasteiger partial charge in [-0.2, -0.15) is 0 Å². The highest BCUT2D eigenvalue weighted by Gasteiger charge is 1.99. The van der Waals surface area contributed by atoms with Gasteiger partial charge in [0, 0.05) is 19.5 Å². The van der Waals surface area contributed by atoms with Gasteiger partial charge in [0.25, 0.3) is 0 Å². The van der Waals surface area contributed by atoms with E-state index in [1.165, 1.54) is 0 Å². The number of aryl methyl sites for hydroxylation is 1. The number of aromatic nitrogens is 1. The number of hydrogen-bond acceptors (Lipinski definition) is 3. The molecule has 0 bridgehead atoms. The third-order valence-electron chi connectivity index (χ3n) is 1.76. The lowest BCUT2D eigenvalue weighted by atomic mass is 10.5. The summed E-state index contributed by atoms with van der Waals surface area (Å²) in [7, 11) is 3.74. The van der Waals surface area contributed by atoms with Crippen molar-refractivity contribution in [2.45, 2.75) is 19.9 Å². The summed E-state index contributed by atoms with van der Waals surface area (Å²) in [4.78, 5) is 10.4. The lowest BCUT2D eigenvalue weighted by Crippen LogP contribution is -2.30. The Kier molecular flexibility index (Phi) is 3.88. The Morgan fingerprint density at radius 2 is 2.36 bits per heavy atom. The molecular weight excluding hydrogens is 196 g/mol. The molecule has 0 aliphatic carbocycles. The first-order valence-corrected chi connectivity index (χ1v) is 5.42. The van der Waals surface area contributed by atoms with Crippen molar-refractivity contribution in [1.29, 1.82) is 0 Å². The van der Waals surface area contributed by atoms with Crippen molar-refractivity contribution in [3.8, 4) is 0 Å². The molecule has 0 saturated carbocycles. The van der Waals surface area contributed by atoms with E-state index < -0.39 is 0 Å². The highest BCUT2D eigenvalue weighted by atomic mass is 32.1.